The van der Waals surface area contributed by atoms with Gasteiger partial charge in [-0.1, -0.05) is 6.92 Å². The Labute approximate surface area is 80.9 Å². The quantitative estimate of drug-likeness (QED) is 0.533. The van der Waals surface area contributed by atoms with Gasteiger partial charge >= 0.3 is 6.16 Å². The van der Waals surface area contributed by atoms with Crippen molar-refractivity contribution in [3.8, 4) is 0 Å². The van der Waals surface area contributed by atoms with Gasteiger partial charge in [0.25, 0.3) is 0 Å². The number of carbonyl (C=O) groups excluding carboxylic acids is 1. The fourth-order valence-electron chi connectivity index (χ4n) is 1.15. The monoisotopic (exact) mass is 212 g/mol. The van der Waals surface area contributed by atoms with Crippen LogP contribution in [0.4, 0.5) is 4.79 Å². The molecular weight excluding hydrogens is 203 g/mol. The van der Waals surface area contributed by atoms with Crippen LogP contribution in [-0.2, 0) is 9.47 Å². The van der Waals surface area contributed by atoms with Crippen molar-refractivity contribution in [3.05, 3.63) is 0 Å². The summed E-state index contributed by atoms with van der Waals surface area (Å²) in [5, 5.41) is 0. The summed E-state index contributed by atoms with van der Waals surface area (Å²) >= 11 is 11.1. The van der Waals surface area contributed by atoms with E-state index in [1.165, 1.54) is 0 Å². The molecule has 0 aromatic heterocycles. The second-order valence-electron chi connectivity index (χ2n) is 2.60. The van der Waals surface area contributed by atoms with Gasteiger partial charge in [-0.05, 0) is 6.42 Å². The zero-order valence-electron chi connectivity index (χ0n) is 6.63. The highest BCUT2D eigenvalue weighted by Gasteiger charge is 2.36. The van der Waals surface area contributed by atoms with Gasteiger partial charge in [-0.15, -0.1) is 23.2 Å². The molecule has 0 aliphatic carbocycles. The predicted octanol–water partition coefficient (Wildman–Crippen LogP) is 2.49. The van der Waals surface area contributed by atoms with Gasteiger partial charge < -0.3 is 9.47 Å². The topological polar surface area (TPSA) is 35.5 Å². The molecule has 1 aliphatic rings. The van der Waals surface area contributed by atoms with Crippen molar-refractivity contribution in [1.82, 2.24) is 0 Å². The maximum absolute atomic E-state index is 10.7. The average molecular weight is 213 g/mol. The van der Waals surface area contributed by atoms with E-state index in [4.69, 9.17) is 32.7 Å². The predicted molar refractivity (Wildman–Crippen MR) is 45.5 cm³/mol. The van der Waals surface area contributed by atoms with E-state index in [0.717, 1.165) is 6.42 Å². The van der Waals surface area contributed by atoms with Crippen LogP contribution in [0.2, 0.25) is 0 Å². The largest absolute Gasteiger partial charge is 0.509 e. The summed E-state index contributed by atoms with van der Waals surface area (Å²) in [4.78, 5) is 10.2. The first-order valence-corrected chi connectivity index (χ1v) is 4.66. The van der Waals surface area contributed by atoms with Crippen molar-refractivity contribution in [1.29, 1.82) is 0 Å². The van der Waals surface area contributed by atoms with E-state index in [2.05, 4.69) is 0 Å². The van der Waals surface area contributed by atoms with Crippen LogP contribution in [0.3, 0.4) is 0 Å². The highest BCUT2D eigenvalue weighted by atomic mass is 35.5. The number of alkyl halides is 2. The molecular formula is C7H10Cl2O3. The average Bonchev–Trinajstić information content (AvgIpc) is 2.29. The molecule has 2 atom stereocenters. The van der Waals surface area contributed by atoms with Crippen LogP contribution in [0.25, 0.3) is 0 Å². The highest BCUT2D eigenvalue weighted by molar-refractivity contribution is 6.44. The Bertz CT molecular complexity index is 172. The molecule has 1 fully saturated rings. The van der Waals surface area contributed by atoms with Gasteiger partial charge in [0, 0.05) is 6.42 Å². The molecule has 0 bridgehead atoms. The molecule has 0 unspecified atom stereocenters. The SMILES string of the molecule is CC[C@H]1OC(=O)O[C@H]1CC(Cl)Cl. The number of hydrogen-bond donors (Lipinski definition) is 0. The maximum atomic E-state index is 10.7. The van der Waals surface area contributed by atoms with Gasteiger partial charge in [0.2, 0.25) is 0 Å². The zero-order chi connectivity index (χ0) is 9.14. The van der Waals surface area contributed by atoms with E-state index in [-0.39, 0.29) is 12.2 Å². The fraction of sp³-hybridized carbons (Fsp3) is 0.857. The minimum Gasteiger partial charge on any atom is -0.427 e. The fourth-order valence-corrected chi connectivity index (χ4v) is 1.50. The summed E-state index contributed by atoms with van der Waals surface area (Å²) in [7, 11) is 0. The molecule has 0 spiro atoms. The van der Waals surface area contributed by atoms with Crippen LogP contribution in [-0.4, -0.2) is 23.2 Å². The zero-order valence-corrected chi connectivity index (χ0v) is 8.14. The lowest BCUT2D eigenvalue weighted by atomic mass is 10.1. The number of cyclic esters (lactones) is 2. The van der Waals surface area contributed by atoms with E-state index < -0.39 is 11.0 Å². The summed E-state index contributed by atoms with van der Waals surface area (Å²) < 4.78 is 9.69. The normalized spacial score (nSPS) is 28.8. The molecule has 70 valence electrons. The highest BCUT2D eigenvalue weighted by Crippen LogP contribution is 2.24. The number of hydrogen-bond acceptors (Lipinski definition) is 3. The number of carbonyl (C=O) groups is 1. The number of halogens is 2. The summed E-state index contributed by atoms with van der Waals surface area (Å²) in [5.41, 5.74) is 0. The van der Waals surface area contributed by atoms with Crippen LogP contribution in [0.15, 0.2) is 0 Å². The second-order valence-corrected chi connectivity index (χ2v) is 3.87. The first-order valence-electron chi connectivity index (χ1n) is 3.79. The molecule has 5 heteroatoms. The molecule has 0 saturated carbocycles. The van der Waals surface area contributed by atoms with Crippen molar-refractivity contribution >= 4 is 29.4 Å². The second kappa shape index (κ2) is 4.19. The smallest absolute Gasteiger partial charge is 0.427 e. The Kier molecular flexibility index (Phi) is 3.47. The molecule has 0 radical (unpaired) electrons. The first-order chi connectivity index (χ1) is 5.63. The molecule has 1 saturated heterocycles. The summed E-state index contributed by atoms with van der Waals surface area (Å²) in [6, 6.07) is 0. The van der Waals surface area contributed by atoms with Gasteiger partial charge in [-0.3, -0.25) is 0 Å². The molecule has 0 N–H and O–H groups in total. The Hall–Kier alpha value is -0.150. The Morgan fingerprint density at radius 3 is 2.50 bits per heavy atom. The van der Waals surface area contributed by atoms with Gasteiger partial charge in [0.15, 0.2) is 0 Å². The number of rotatable bonds is 3. The maximum Gasteiger partial charge on any atom is 0.509 e. The lowest BCUT2D eigenvalue weighted by Gasteiger charge is -2.13. The molecule has 1 rings (SSSR count). The van der Waals surface area contributed by atoms with Crippen molar-refractivity contribution in [3.63, 3.8) is 0 Å². The molecule has 3 nitrogen and oxygen atoms in total. The molecule has 0 aromatic carbocycles. The van der Waals surface area contributed by atoms with Crippen LogP contribution in [0, 0.1) is 0 Å². The van der Waals surface area contributed by atoms with Gasteiger partial charge in [0.05, 0.1) is 0 Å². The van der Waals surface area contributed by atoms with Crippen molar-refractivity contribution < 1.29 is 14.3 Å². The minimum atomic E-state index is -0.624. The molecule has 0 aromatic rings. The van der Waals surface area contributed by atoms with Crippen molar-refractivity contribution in [2.45, 2.75) is 36.8 Å². The third-order valence-electron chi connectivity index (χ3n) is 1.72. The summed E-state index contributed by atoms with van der Waals surface area (Å²) in [5.74, 6) is 0. The third kappa shape index (κ3) is 2.42. The van der Waals surface area contributed by atoms with Crippen LogP contribution >= 0.6 is 23.2 Å². The van der Waals surface area contributed by atoms with Crippen LogP contribution in [0.5, 0.6) is 0 Å². The van der Waals surface area contributed by atoms with E-state index >= 15 is 0 Å². The summed E-state index contributed by atoms with van der Waals surface area (Å²) in [6.07, 6.45) is 0.0328. The summed E-state index contributed by atoms with van der Waals surface area (Å²) in [6.45, 7) is 1.91. The van der Waals surface area contributed by atoms with Gasteiger partial charge in [-0.25, -0.2) is 4.79 Å². The minimum absolute atomic E-state index is 0.197. The lowest BCUT2D eigenvalue weighted by Crippen LogP contribution is -2.23. The van der Waals surface area contributed by atoms with Crippen molar-refractivity contribution in [2.75, 3.05) is 0 Å². The molecule has 0 amide bonds. The van der Waals surface area contributed by atoms with Crippen molar-refractivity contribution in [2.24, 2.45) is 0 Å². The van der Waals surface area contributed by atoms with Gasteiger partial charge in [0.1, 0.15) is 17.0 Å². The lowest BCUT2D eigenvalue weighted by molar-refractivity contribution is 0.115. The Morgan fingerprint density at radius 1 is 1.42 bits per heavy atom. The van der Waals surface area contributed by atoms with Crippen LogP contribution in [0.1, 0.15) is 19.8 Å². The van der Waals surface area contributed by atoms with Gasteiger partial charge in [-0.2, -0.15) is 0 Å². The Morgan fingerprint density at radius 2 is 2.00 bits per heavy atom. The molecule has 1 heterocycles. The first kappa shape index (κ1) is 9.93. The third-order valence-corrected chi connectivity index (χ3v) is 2.08. The van der Waals surface area contributed by atoms with E-state index in [0.29, 0.717) is 6.42 Å². The molecule has 1 aliphatic heterocycles. The number of ether oxygens (including phenoxy) is 2. The van der Waals surface area contributed by atoms with Crippen LogP contribution < -0.4 is 0 Å². The standard InChI is InChI=1S/C7H10Cl2O3/c1-2-4-5(3-6(8)9)12-7(10)11-4/h4-6H,2-3H2,1H3/t4-,5+/m1/s1. The molecule has 12 heavy (non-hydrogen) atoms. The Balaban J connectivity index is 2.46. The van der Waals surface area contributed by atoms with E-state index in [9.17, 15) is 4.79 Å². The van der Waals surface area contributed by atoms with E-state index in [1.54, 1.807) is 0 Å². The van der Waals surface area contributed by atoms with E-state index in [1.807, 2.05) is 6.92 Å².